The average molecular weight is 239 g/mol. The zero-order valence-electron chi connectivity index (χ0n) is 9.74. The molecular weight excluding hydrogens is 226 g/mol. The number of benzene rings is 1. The van der Waals surface area contributed by atoms with Gasteiger partial charge in [-0.15, -0.1) is 0 Å². The van der Waals surface area contributed by atoms with Crippen molar-refractivity contribution in [3.63, 3.8) is 0 Å². The van der Waals surface area contributed by atoms with E-state index in [1.54, 1.807) is 18.2 Å². The van der Waals surface area contributed by atoms with E-state index in [2.05, 4.69) is 4.98 Å². The summed E-state index contributed by atoms with van der Waals surface area (Å²) in [6, 6.07) is 12.9. The third-order valence-electron chi connectivity index (χ3n) is 2.93. The van der Waals surface area contributed by atoms with E-state index in [0.717, 1.165) is 22.6 Å². The van der Waals surface area contributed by atoms with Gasteiger partial charge >= 0.3 is 0 Å². The van der Waals surface area contributed by atoms with E-state index >= 15 is 0 Å². The molecule has 2 aromatic heterocycles. The van der Waals surface area contributed by atoms with Gasteiger partial charge in [0.05, 0.1) is 5.69 Å². The highest BCUT2D eigenvalue weighted by Crippen LogP contribution is 2.23. The predicted octanol–water partition coefficient (Wildman–Crippen LogP) is 2.17. The first-order chi connectivity index (χ1) is 8.78. The first kappa shape index (κ1) is 10.8. The van der Waals surface area contributed by atoms with Gasteiger partial charge in [0.1, 0.15) is 11.4 Å². The number of hydrogen-bond donors (Lipinski definition) is 2. The Balaban J connectivity index is 2.19. The van der Waals surface area contributed by atoms with Gasteiger partial charge < -0.3 is 15.2 Å². The minimum atomic E-state index is 0.239. The fourth-order valence-corrected chi connectivity index (χ4v) is 2.04. The lowest BCUT2D eigenvalue weighted by atomic mass is 10.1. The summed E-state index contributed by atoms with van der Waals surface area (Å²) in [5, 5.41) is 9.50. The molecule has 3 rings (SSSR count). The lowest BCUT2D eigenvalue weighted by Gasteiger charge is -2.00. The van der Waals surface area contributed by atoms with Gasteiger partial charge in [-0.05, 0) is 24.3 Å². The Hall–Kier alpha value is -2.33. The van der Waals surface area contributed by atoms with Gasteiger partial charge in [0.2, 0.25) is 0 Å². The topological polar surface area (TPSA) is 63.5 Å². The van der Waals surface area contributed by atoms with Crippen LogP contribution in [0.25, 0.3) is 16.9 Å². The smallest absolute Gasteiger partial charge is 0.137 e. The number of aromatic nitrogens is 2. The van der Waals surface area contributed by atoms with Gasteiger partial charge in [0.25, 0.3) is 0 Å². The molecule has 0 aliphatic carbocycles. The van der Waals surface area contributed by atoms with E-state index in [1.807, 2.05) is 34.9 Å². The molecule has 0 saturated carbocycles. The van der Waals surface area contributed by atoms with Crippen LogP contribution in [-0.4, -0.2) is 14.5 Å². The van der Waals surface area contributed by atoms with Crippen molar-refractivity contribution in [1.29, 1.82) is 0 Å². The second-order valence-electron chi connectivity index (χ2n) is 4.13. The lowest BCUT2D eigenvalue weighted by Crippen LogP contribution is -2.02. The summed E-state index contributed by atoms with van der Waals surface area (Å²) < 4.78 is 1.97. The van der Waals surface area contributed by atoms with Crippen LogP contribution in [0.3, 0.4) is 0 Å². The summed E-state index contributed by atoms with van der Waals surface area (Å²) in [7, 11) is 0. The molecule has 3 aromatic rings. The average Bonchev–Trinajstić information content (AvgIpc) is 2.82. The summed E-state index contributed by atoms with van der Waals surface area (Å²) in [5.74, 6) is 0.239. The molecule has 90 valence electrons. The lowest BCUT2D eigenvalue weighted by molar-refractivity contribution is 0.475. The number of hydrogen-bond acceptors (Lipinski definition) is 3. The van der Waals surface area contributed by atoms with Crippen molar-refractivity contribution in [1.82, 2.24) is 9.38 Å². The quantitative estimate of drug-likeness (QED) is 0.720. The normalized spacial score (nSPS) is 10.9. The van der Waals surface area contributed by atoms with Gasteiger partial charge in [0, 0.05) is 24.0 Å². The number of nitrogens with two attached hydrogens (primary N) is 1. The minimum Gasteiger partial charge on any atom is -0.508 e. The van der Waals surface area contributed by atoms with Crippen LogP contribution in [0.4, 0.5) is 0 Å². The second kappa shape index (κ2) is 4.16. The highest BCUT2D eigenvalue weighted by Gasteiger charge is 2.06. The van der Waals surface area contributed by atoms with Crippen molar-refractivity contribution in [2.45, 2.75) is 6.54 Å². The van der Waals surface area contributed by atoms with E-state index in [4.69, 9.17) is 5.73 Å². The molecule has 3 N–H and O–H groups in total. The number of nitrogens with zero attached hydrogens (tertiary/aromatic N) is 2. The molecule has 0 amide bonds. The summed E-state index contributed by atoms with van der Waals surface area (Å²) in [5.41, 5.74) is 9.28. The van der Waals surface area contributed by atoms with Crippen LogP contribution in [0.15, 0.2) is 48.7 Å². The van der Waals surface area contributed by atoms with Crippen LogP contribution in [0.1, 0.15) is 5.69 Å². The van der Waals surface area contributed by atoms with Crippen molar-refractivity contribution in [3.05, 3.63) is 54.4 Å². The van der Waals surface area contributed by atoms with Crippen LogP contribution in [0.2, 0.25) is 0 Å². The predicted molar refractivity (Wildman–Crippen MR) is 70.2 cm³/mol. The fourth-order valence-electron chi connectivity index (χ4n) is 2.04. The van der Waals surface area contributed by atoms with Crippen molar-refractivity contribution < 1.29 is 5.11 Å². The molecule has 4 nitrogen and oxygen atoms in total. The Morgan fingerprint density at radius 2 is 2.00 bits per heavy atom. The maximum atomic E-state index is 9.50. The zero-order valence-corrected chi connectivity index (χ0v) is 9.74. The van der Waals surface area contributed by atoms with E-state index in [9.17, 15) is 5.11 Å². The monoisotopic (exact) mass is 239 g/mol. The Bertz CT molecular complexity index is 703. The molecule has 1 aromatic carbocycles. The van der Waals surface area contributed by atoms with Crippen molar-refractivity contribution in [3.8, 4) is 17.0 Å². The molecule has 0 bridgehead atoms. The Kier molecular flexibility index (Phi) is 2.50. The van der Waals surface area contributed by atoms with Gasteiger partial charge in [-0.1, -0.05) is 18.2 Å². The number of fused-ring (bicyclic) bond motifs is 1. The molecule has 0 radical (unpaired) electrons. The Morgan fingerprint density at radius 3 is 2.78 bits per heavy atom. The number of phenols is 1. The molecule has 0 aliphatic heterocycles. The van der Waals surface area contributed by atoms with Crippen LogP contribution < -0.4 is 5.73 Å². The van der Waals surface area contributed by atoms with Crippen molar-refractivity contribution in [2.75, 3.05) is 0 Å². The van der Waals surface area contributed by atoms with E-state index in [0.29, 0.717) is 6.54 Å². The molecule has 18 heavy (non-hydrogen) atoms. The summed E-state index contributed by atoms with van der Waals surface area (Å²) in [6.07, 6.45) is 1.94. The number of pyridine rings is 1. The van der Waals surface area contributed by atoms with E-state index in [-0.39, 0.29) is 5.75 Å². The molecule has 4 heteroatoms. The molecule has 0 spiro atoms. The van der Waals surface area contributed by atoms with Gasteiger partial charge in [0.15, 0.2) is 0 Å². The minimum absolute atomic E-state index is 0.239. The number of phenolic OH excluding ortho intramolecular Hbond substituents is 1. The van der Waals surface area contributed by atoms with E-state index < -0.39 is 0 Å². The number of aromatic hydroxyl groups is 1. The second-order valence-corrected chi connectivity index (χ2v) is 4.13. The first-order valence-corrected chi connectivity index (χ1v) is 5.74. The van der Waals surface area contributed by atoms with Gasteiger partial charge in [-0.3, -0.25) is 0 Å². The SMILES string of the molecule is NCc1cccc2nc(-c3cccc(O)c3)cn12. The van der Waals surface area contributed by atoms with Crippen LogP contribution in [0.5, 0.6) is 5.75 Å². The Morgan fingerprint density at radius 1 is 1.17 bits per heavy atom. The maximum Gasteiger partial charge on any atom is 0.137 e. The Labute approximate surface area is 104 Å². The number of imidazole rings is 1. The molecule has 2 heterocycles. The first-order valence-electron chi connectivity index (χ1n) is 5.74. The summed E-state index contributed by atoms with van der Waals surface area (Å²) >= 11 is 0. The molecule has 0 atom stereocenters. The summed E-state index contributed by atoms with van der Waals surface area (Å²) in [4.78, 5) is 4.53. The van der Waals surface area contributed by atoms with Gasteiger partial charge in [-0.25, -0.2) is 4.98 Å². The van der Waals surface area contributed by atoms with Crippen LogP contribution in [-0.2, 0) is 6.54 Å². The van der Waals surface area contributed by atoms with Gasteiger partial charge in [-0.2, -0.15) is 0 Å². The standard InChI is InChI=1S/C14H13N3O/c15-8-11-4-2-6-14-16-13(9-17(11)14)10-3-1-5-12(18)7-10/h1-7,9,18H,8,15H2. The highest BCUT2D eigenvalue weighted by molar-refractivity contribution is 5.64. The largest absolute Gasteiger partial charge is 0.508 e. The van der Waals surface area contributed by atoms with Crippen LogP contribution >= 0.6 is 0 Å². The molecule has 0 fully saturated rings. The van der Waals surface area contributed by atoms with E-state index in [1.165, 1.54) is 0 Å². The summed E-state index contributed by atoms with van der Waals surface area (Å²) in [6.45, 7) is 0.465. The maximum absolute atomic E-state index is 9.50. The molecule has 0 unspecified atom stereocenters. The van der Waals surface area contributed by atoms with Crippen molar-refractivity contribution >= 4 is 5.65 Å². The third-order valence-corrected chi connectivity index (χ3v) is 2.93. The molecular formula is C14H13N3O. The zero-order chi connectivity index (χ0) is 12.5. The molecule has 0 saturated heterocycles. The van der Waals surface area contributed by atoms with Crippen LogP contribution in [0, 0.1) is 0 Å². The highest BCUT2D eigenvalue weighted by atomic mass is 16.3. The van der Waals surface area contributed by atoms with Crippen molar-refractivity contribution in [2.24, 2.45) is 5.73 Å². The third kappa shape index (κ3) is 1.72. The molecule has 0 aliphatic rings. The fraction of sp³-hybridized carbons (Fsp3) is 0.0714. The number of rotatable bonds is 2.